The summed E-state index contributed by atoms with van der Waals surface area (Å²) in [6, 6.07) is -0.543. The first kappa shape index (κ1) is 15.3. The lowest BCUT2D eigenvalue weighted by Crippen LogP contribution is -2.48. The third-order valence-electron chi connectivity index (χ3n) is 4.24. The number of carbonyl (C=O) groups excluding carboxylic acids is 2. The van der Waals surface area contributed by atoms with Gasteiger partial charge in [-0.15, -0.1) is 0 Å². The van der Waals surface area contributed by atoms with Crippen molar-refractivity contribution >= 4 is 11.9 Å². The predicted octanol–water partition coefficient (Wildman–Crippen LogP) is 2.52. The molecule has 2 rings (SSSR count). The van der Waals surface area contributed by atoms with Gasteiger partial charge in [-0.3, -0.25) is 4.79 Å². The van der Waals surface area contributed by atoms with E-state index in [1.807, 2.05) is 34.6 Å². The van der Waals surface area contributed by atoms with Crippen LogP contribution >= 0.6 is 0 Å². The molecule has 0 aromatic carbocycles. The van der Waals surface area contributed by atoms with Crippen molar-refractivity contribution in [1.29, 1.82) is 0 Å². The van der Waals surface area contributed by atoms with Crippen LogP contribution in [0.15, 0.2) is 0 Å². The van der Waals surface area contributed by atoms with Crippen molar-refractivity contribution in [3.05, 3.63) is 0 Å². The molecule has 0 aromatic rings. The maximum atomic E-state index is 12.3. The number of carbonyl (C=O) groups is 2. The van der Waals surface area contributed by atoms with Crippen molar-refractivity contribution in [1.82, 2.24) is 5.32 Å². The van der Waals surface area contributed by atoms with Gasteiger partial charge in [0.1, 0.15) is 11.6 Å². The Balaban J connectivity index is 1.91. The molecule has 1 amide bonds. The Kier molecular flexibility index (Phi) is 4.12. The Bertz CT molecular complexity index is 387. The normalized spacial score (nSPS) is 29.8. The molecule has 4 nitrogen and oxygen atoms in total. The summed E-state index contributed by atoms with van der Waals surface area (Å²) in [7, 11) is 0. The molecule has 3 atom stereocenters. The number of esters is 1. The molecule has 0 radical (unpaired) electrons. The molecule has 0 spiro atoms. The molecule has 0 aliphatic heterocycles. The van der Waals surface area contributed by atoms with Gasteiger partial charge in [0.05, 0.1) is 0 Å². The first-order valence-electron chi connectivity index (χ1n) is 7.70. The molecule has 114 valence electrons. The largest absolute Gasteiger partial charge is 0.458 e. The Hall–Kier alpha value is -1.06. The van der Waals surface area contributed by atoms with Crippen molar-refractivity contribution in [2.75, 3.05) is 0 Å². The van der Waals surface area contributed by atoms with E-state index in [0.29, 0.717) is 0 Å². The number of fused-ring (bicyclic) bond motifs is 1. The molecule has 1 N–H and O–H groups in total. The Morgan fingerprint density at radius 1 is 1.10 bits per heavy atom. The van der Waals surface area contributed by atoms with Gasteiger partial charge in [0.2, 0.25) is 5.91 Å². The summed E-state index contributed by atoms with van der Waals surface area (Å²) in [6.07, 6.45) is 3.29. The van der Waals surface area contributed by atoms with Gasteiger partial charge in [0.25, 0.3) is 0 Å². The van der Waals surface area contributed by atoms with Crippen LogP contribution in [0.25, 0.3) is 0 Å². The Morgan fingerprint density at radius 3 is 2.10 bits per heavy atom. The Labute approximate surface area is 121 Å². The van der Waals surface area contributed by atoms with E-state index in [-0.39, 0.29) is 23.7 Å². The van der Waals surface area contributed by atoms with E-state index in [1.165, 1.54) is 6.42 Å². The number of nitrogens with one attached hydrogen (secondary N) is 1. The van der Waals surface area contributed by atoms with Crippen LogP contribution in [0, 0.1) is 23.7 Å². The van der Waals surface area contributed by atoms with Crippen LogP contribution < -0.4 is 5.32 Å². The fourth-order valence-corrected chi connectivity index (χ4v) is 3.06. The van der Waals surface area contributed by atoms with Crippen molar-refractivity contribution in [2.45, 2.75) is 65.5 Å². The molecular formula is C16H27NO3. The smallest absolute Gasteiger partial charge is 0.329 e. The minimum atomic E-state index is -0.543. The van der Waals surface area contributed by atoms with Gasteiger partial charge in [-0.1, -0.05) is 13.8 Å². The molecule has 2 unspecified atom stereocenters. The first-order chi connectivity index (χ1) is 9.17. The number of ether oxygens (including phenoxy) is 1. The van der Waals surface area contributed by atoms with E-state index in [4.69, 9.17) is 4.74 Å². The third kappa shape index (κ3) is 3.74. The summed E-state index contributed by atoms with van der Waals surface area (Å²) in [4.78, 5) is 24.5. The topological polar surface area (TPSA) is 55.4 Å². The van der Waals surface area contributed by atoms with Gasteiger partial charge in [-0.05, 0) is 57.8 Å². The van der Waals surface area contributed by atoms with Crippen molar-refractivity contribution in [3.63, 3.8) is 0 Å². The van der Waals surface area contributed by atoms with Crippen LogP contribution in [0.2, 0.25) is 0 Å². The maximum absolute atomic E-state index is 12.3. The molecule has 0 saturated heterocycles. The van der Waals surface area contributed by atoms with Gasteiger partial charge in [-0.2, -0.15) is 0 Å². The minimum absolute atomic E-state index is 0.0294. The third-order valence-corrected chi connectivity index (χ3v) is 4.24. The van der Waals surface area contributed by atoms with Crippen molar-refractivity contribution < 1.29 is 14.3 Å². The summed E-state index contributed by atoms with van der Waals surface area (Å²) in [5, 5.41) is 2.91. The van der Waals surface area contributed by atoms with E-state index in [9.17, 15) is 9.59 Å². The summed E-state index contributed by atoms with van der Waals surface area (Å²) in [6.45, 7) is 9.39. The van der Waals surface area contributed by atoms with Crippen LogP contribution in [0.3, 0.4) is 0 Å². The zero-order valence-corrected chi connectivity index (χ0v) is 13.2. The van der Waals surface area contributed by atoms with Crippen LogP contribution in [0.1, 0.15) is 53.9 Å². The highest BCUT2D eigenvalue weighted by atomic mass is 16.6. The highest BCUT2D eigenvalue weighted by molar-refractivity contribution is 5.86. The zero-order valence-electron chi connectivity index (χ0n) is 13.2. The van der Waals surface area contributed by atoms with E-state index in [1.54, 1.807) is 0 Å². The number of rotatable bonds is 4. The van der Waals surface area contributed by atoms with Crippen molar-refractivity contribution in [3.8, 4) is 0 Å². The average Bonchev–Trinajstić information content (AvgIpc) is 2.89. The molecule has 20 heavy (non-hydrogen) atoms. The van der Waals surface area contributed by atoms with Gasteiger partial charge >= 0.3 is 5.97 Å². The lowest BCUT2D eigenvalue weighted by molar-refractivity contribution is -0.160. The molecule has 0 bridgehead atoms. The SMILES string of the molecule is CC(C)[C@H](NC(=O)C1CC2CC2C1)C(=O)OC(C)(C)C. The molecule has 2 aliphatic carbocycles. The van der Waals surface area contributed by atoms with Crippen molar-refractivity contribution in [2.24, 2.45) is 23.7 Å². The van der Waals surface area contributed by atoms with Crippen LogP contribution in [-0.2, 0) is 14.3 Å². The number of hydrogen-bond acceptors (Lipinski definition) is 3. The fraction of sp³-hybridized carbons (Fsp3) is 0.875. The molecular weight excluding hydrogens is 254 g/mol. The maximum Gasteiger partial charge on any atom is 0.329 e. The van der Waals surface area contributed by atoms with Crippen LogP contribution in [-0.4, -0.2) is 23.5 Å². The van der Waals surface area contributed by atoms with E-state index < -0.39 is 11.6 Å². The highest BCUT2D eigenvalue weighted by Crippen LogP contribution is 2.54. The first-order valence-corrected chi connectivity index (χ1v) is 7.70. The summed E-state index contributed by atoms with van der Waals surface area (Å²) >= 11 is 0. The minimum Gasteiger partial charge on any atom is -0.458 e. The Morgan fingerprint density at radius 2 is 1.65 bits per heavy atom. The summed E-state index contributed by atoms with van der Waals surface area (Å²) in [5.74, 6) is 1.37. The predicted molar refractivity (Wildman–Crippen MR) is 76.9 cm³/mol. The van der Waals surface area contributed by atoms with Gasteiger partial charge < -0.3 is 10.1 Å². The average molecular weight is 281 g/mol. The van der Waals surface area contributed by atoms with Gasteiger partial charge in [0, 0.05) is 5.92 Å². The highest BCUT2D eigenvalue weighted by Gasteiger charge is 2.48. The molecule has 2 fully saturated rings. The van der Waals surface area contributed by atoms with Crippen LogP contribution in [0.5, 0.6) is 0 Å². The molecule has 2 saturated carbocycles. The lowest BCUT2D eigenvalue weighted by atomic mass is 9.99. The quantitative estimate of drug-likeness (QED) is 0.806. The zero-order chi connectivity index (χ0) is 15.1. The molecule has 2 aliphatic rings. The second kappa shape index (κ2) is 5.38. The van der Waals surface area contributed by atoms with Crippen LogP contribution in [0.4, 0.5) is 0 Å². The second-order valence-corrected chi connectivity index (χ2v) is 7.69. The van der Waals surface area contributed by atoms with Gasteiger partial charge in [-0.25, -0.2) is 4.79 Å². The van der Waals surface area contributed by atoms with E-state index in [2.05, 4.69) is 5.32 Å². The van der Waals surface area contributed by atoms with Gasteiger partial charge in [0.15, 0.2) is 0 Å². The standard InChI is InChI=1S/C16H27NO3/c1-9(2)13(15(19)20-16(3,4)5)17-14(18)12-7-10-6-11(10)8-12/h9-13H,6-8H2,1-5H3,(H,17,18)/t10?,11?,12?,13-/m0/s1. The monoisotopic (exact) mass is 281 g/mol. The van der Waals surface area contributed by atoms with E-state index >= 15 is 0 Å². The molecule has 0 aromatic heterocycles. The number of hydrogen-bond donors (Lipinski definition) is 1. The second-order valence-electron chi connectivity index (χ2n) is 7.69. The summed E-state index contributed by atoms with van der Waals surface area (Å²) < 4.78 is 5.40. The number of amides is 1. The van der Waals surface area contributed by atoms with E-state index in [0.717, 1.165) is 24.7 Å². The fourth-order valence-electron chi connectivity index (χ4n) is 3.06. The molecule has 0 heterocycles. The molecule has 4 heteroatoms. The lowest BCUT2D eigenvalue weighted by Gasteiger charge is -2.27. The summed E-state index contributed by atoms with van der Waals surface area (Å²) in [5.41, 5.74) is -0.524.